The van der Waals surface area contributed by atoms with E-state index in [9.17, 15) is 9.59 Å². The largest absolute Gasteiger partial charge is 0.484 e. The molecule has 0 radical (unpaired) electrons. The van der Waals surface area contributed by atoms with E-state index in [2.05, 4.69) is 10.4 Å². The van der Waals surface area contributed by atoms with Gasteiger partial charge in [-0.1, -0.05) is 0 Å². The Morgan fingerprint density at radius 1 is 1.07 bits per heavy atom. The summed E-state index contributed by atoms with van der Waals surface area (Å²) in [5.41, 5.74) is 2.07. The lowest BCUT2D eigenvalue weighted by Gasteiger charge is -2.12. The Labute approximate surface area is 157 Å². The summed E-state index contributed by atoms with van der Waals surface area (Å²) in [4.78, 5) is 25.4. The van der Waals surface area contributed by atoms with E-state index in [0.29, 0.717) is 17.0 Å². The molecule has 0 aliphatic heterocycles. The molecule has 0 spiro atoms. The van der Waals surface area contributed by atoms with Crippen molar-refractivity contribution in [3.05, 3.63) is 72.6 Å². The molecule has 0 saturated carbocycles. The van der Waals surface area contributed by atoms with Crippen LogP contribution in [0.25, 0.3) is 5.69 Å². The van der Waals surface area contributed by atoms with Gasteiger partial charge in [-0.2, -0.15) is 5.10 Å². The average molecular weight is 364 g/mol. The highest BCUT2D eigenvalue weighted by Gasteiger charge is 2.08. The summed E-state index contributed by atoms with van der Waals surface area (Å²) in [7, 11) is 3.35. The van der Waals surface area contributed by atoms with Crippen molar-refractivity contribution in [2.75, 3.05) is 26.0 Å². The van der Waals surface area contributed by atoms with Crippen molar-refractivity contribution in [3.8, 4) is 11.4 Å². The number of carbonyl (C=O) groups excluding carboxylic acids is 2. The fourth-order valence-corrected chi connectivity index (χ4v) is 2.30. The van der Waals surface area contributed by atoms with Crippen LogP contribution in [0.15, 0.2) is 67.0 Å². The van der Waals surface area contributed by atoms with Crippen molar-refractivity contribution in [2.24, 2.45) is 0 Å². The average Bonchev–Trinajstić information content (AvgIpc) is 3.22. The number of aromatic nitrogens is 2. The number of rotatable bonds is 6. The number of ether oxygens (including phenoxy) is 1. The summed E-state index contributed by atoms with van der Waals surface area (Å²) < 4.78 is 7.13. The molecule has 0 aliphatic carbocycles. The Morgan fingerprint density at radius 3 is 2.37 bits per heavy atom. The lowest BCUT2D eigenvalue weighted by Crippen LogP contribution is -2.27. The van der Waals surface area contributed by atoms with Gasteiger partial charge >= 0.3 is 0 Å². The molecule has 0 unspecified atom stereocenters. The van der Waals surface area contributed by atoms with Crippen LogP contribution in [0.2, 0.25) is 0 Å². The third kappa shape index (κ3) is 4.72. The number of hydrogen-bond acceptors (Lipinski definition) is 4. The van der Waals surface area contributed by atoms with Gasteiger partial charge in [0.05, 0.1) is 5.69 Å². The van der Waals surface area contributed by atoms with Crippen LogP contribution in [0.5, 0.6) is 5.75 Å². The summed E-state index contributed by atoms with van der Waals surface area (Å²) in [6.45, 7) is -0.0265. The number of hydrogen-bond donors (Lipinski definition) is 1. The van der Waals surface area contributed by atoms with E-state index in [1.165, 1.54) is 4.90 Å². The van der Waals surface area contributed by atoms with Crippen LogP contribution in [0.1, 0.15) is 10.4 Å². The normalized spacial score (nSPS) is 10.3. The molecule has 1 N–H and O–H groups in total. The van der Waals surface area contributed by atoms with Gasteiger partial charge in [-0.05, 0) is 54.6 Å². The number of benzene rings is 2. The van der Waals surface area contributed by atoms with Crippen LogP contribution in [0.3, 0.4) is 0 Å². The maximum atomic E-state index is 12.4. The number of amides is 2. The molecule has 3 aromatic rings. The monoisotopic (exact) mass is 364 g/mol. The van der Waals surface area contributed by atoms with Gasteiger partial charge in [0.15, 0.2) is 6.61 Å². The van der Waals surface area contributed by atoms with E-state index in [1.54, 1.807) is 61.4 Å². The predicted molar refractivity (Wildman–Crippen MR) is 102 cm³/mol. The van der Waals surface area contributed by atoms with Crippen LogP contribution < -0.4 is 10.1 Å². The molecule has 3 rings (SSSR count). The van der Waals surface area contributed by atoms with E-state index >= 15 is 0 Å². The van der Waals surface area contributed by atoms with Crippen LogP contribution >= 0.6 is 0 Å². The molecule has 0 atom stereocenters. The maximum Gasteiger partial charge on any atom is 0.259 e. The highest BCUT2D eigenvalue weighted by Crippen LogP contribution is 2.17. The second-order valence-electron chi connectivity index (χ2n) is 6.05. The van der Waals surface area contributed by atoms with E-state index in [1.807, 2.05) is 24.4 Å². The minimum atomic E-state index is -0.210. The summed E-state index contributed by atoms with van der Waals surface area (Å²) in [5.74, 6) is 0.233. The van der Waals surface area contributed by atoms with Crippen molar-refractivity contribution >= 4 is 17.5 Å². The fourth-order valence-electron chi connectivity index (χ4n) is 2.30. The smallest absolute Gasteiger partial charge is 0.259 e. The van der Waals surface area contributed by atoms with E-state index in [0.717, 1.165) is 5.69 Å². The van der Waals surface area contributed by atoms with Crippen molar-refractivity contribution in [1.82, 2.24) is 14.7 Å². The van der Waals surface area contributed by atoms with Gasteiger partial charge in [-0.3, -0.25) is 9.59 Å². The van der Waals surface area contributed by atoms with Crippen molar-refractivity contribution < 1.29 is 14.3 Å². The maximum absolute atomic E-state index is 12.4. The minimum absolute atomic E-state index is 0.0265. The molecule has 0 fully saturated rings. The van der Waals surface area contributed by atoms with Crippen molar-refractivity contribution in [2.45, 2.75) is 0 Å². The molecule has 138 valence electrons. The number of anilines is 1. The summed E-state index contributed by atoms with van der Waals surface area (Å²) >= 11 is 0. The Morgan fingerprint density at radius 2 is 1.78 bits per heavy atom. The van der Waals surface area contributed by atoms with E-state index < -0.39 is 0 Å². The first-order valence-corrected chi connectivity index (χ1v) is 8.37. The topological polar surface area (TPSA) is 76.5 Å². The molecule has 0 saturated heterocycles. The molecule has 27 heavy (non-hydrogen) atoms. The molecule has 1 heterocycles. The Balaban J connectivity index is 1.58. The summed E-state index contributed by atoms with van der Waals surface area (Å²) in [5, 5.41) is 6.98. The van der Waals surface area contributed by atoms with Crippen LogP contribution in [0, 0.1) is 0 Å². The van der Waals surface area contributed by atoms with Crippen molar-refractivity contribution in [1.29, 1.82) is 0 Å². The molecule has 0 aliphatic rings. The lowest BCUT2D eigenvalue weighted by atomic mass is 10.2. The van der Waals surface area contributed by atoms with Crippen LogP contribution in [-0.2, 0) is 4.79 Å². The standard InChI is InChI=1S/C20H20N4O3/c1-23(2)19(25)14-27-18-10-6-16(7-11-18)22-20(26)15-4-8-17(9-5-15)24-13-3-12-21-24/h3-13H,14H2,1-2H3,(H,22,26). The number of nitrogens with zero attached hydrogens (tertiary/aromatic N) is 3. The molecule has 1 aromatic heterocycles. The van der Waals surface area contributed by atoms with E-state index in [4.69, 9.17) is 4.74 Å². The highest BCUT2D eigenvalue weighted by molar-refractivity contribution is 6.04. The first-order valence-electron chi connectivity index (χ1n) is 8.37. The predicted octanol–water partition coefficient (Wildman–Crippen LogP) is 2.59. The Kier molecular flexibility index (Phi) is 5.51. The van der Waals surface area contributed by atoms with Crippen LogP contribution in [-0.4, -0.2) is 47.2 Å². The Bertz CT molecular complexity index is 901. The quantitative estimate of drug-likeness (QED) is 0.729. The zero-order chi connectivity index (χ0) is 19.2. The Hall–Kier alpha value is -3.61. The molecule has 0 bridgehead atoms. The van der Waals surface area contributed by atoms with E-state index in [-0.39, 0.29) is 18.4 Å². The van der Waals surface area contributed by atoms with Crippen LogP contribution in [0.4, 0.5) is 5.69 Å². The molecule has 7 heteroatoms. The SMILES string of the molecule is CN(C)C(=O)COc1ccc(NC(=O)c2ccc(-n3cccn3)cc2)cc1. The van der Waals surface area contributed by atoms with Gasteiger partial charge in [0, 0.05) is 37.7 Å². The van der Waals surface area contributed by atoms with Gasteiger partial charge in [0.25, 0.3) is 11.8 Å². The second kappa shape index (κ2) is 8.18. The number of nitrogens with one attached hydrogen (secondary N) is 1. The van der Waals surface area contributed by atoms with Crippen molar-refractivity contribution in [3.63, 3.8) is 0 Å². The molecule has 7 nitrogen and oxygen atoms in total. The number of likely N-dealkylation sites (N-methyl/N-ethyl adjacent to an activating group) is 1. The summed E-state index contributed by atoms with van der Waals surface area (Å²) in [6, 6.07) is 15.9. The molecule has 2 amide bonds. The van der Waals surface area contributed by atoms with Gasteiger partial charge < -0.3 is 15.0 Å². The van der Waals surface area contributed by atoms with Gasteiger partial charge in [-0.25, -0.2) is 4.68 Å². The van der Waals surface area contributed by atoms with Gasteiger partial charge in [-0.15, -0.1) is 0 Å². The first-order chi connectivity index (χ1) is 13.0. The number of carbonyl (C=O) groups is 2. The zero-order valence-electron chi connectivity index (χ0n) is 15.1. The molecule has 2 aromatic carbocycles. The lowest BCUT2D eigenvalue weighted by molar-refractivity contribution is -0.130. The molecular formula is C20H20N4O3. The summed E-state index contributed by atoms with van der Waals surface area (Å²) in [6.07, 6.45) is 3.54. The third-order valence-corrected chi connectivity index (χ3v) is 3.87. The zero-order valence-corrected chi connectivity index (χ0v) is 15.1. The highest BCUT2D eigenvalue weighted by atomic mass is 16.5. The van der Waals surface area contributed by atoms with Gasteiger partial charge in [0.1, 0.15) is 5.75 Å². The second-order valence-corrected chi connectivity index (χ2v) is 6.05. The van der Waals surface area contributed by atoms with Gasteiger partial charge in [0.2, 0.25) is 0 Å². The first kappa shape index (κ1) is 18.2. The minimum Gasteiger partial charge on any atom is -0.484 e. The molecular weight excluding hydrogens is 344 g/mol. The fraction of sp³-hybridized carbons (Fsp3) is 0.150. The third-order valence-electron chi connectivity index (χ3n) is 3.87.